The van der Waals surface area contributed by atoms with E-state index in [1.807, 2.05) is 0 Å². The molecule has 0 spiro atoms. The molecule has 1 aromatic carbocycles. The molecule has 6 nitrogen and oxygen atoms in total. The molecular formula is C20H27N5O. The summed E-state index contributed by atoms with van der Waals surface area (Å²) in [4.78, 5) is 24.6. The van der Waals surface area contributed by atoms with Crippen LogP contribution in [-0.4, -0.2) is 53.0 Å². The number of H-pyrrole nitrogens is 1. The highest BCUT2D eigenvalue weighted by Crippen LogP contribution is 2.19. The number of hydrogen-bond acceptors (Lipinski definition) is 5. The summed E-state index contributed by atoms with van der Waals surface area (Å²) in [6.45, 7) is 5.50. The highest BCUT2D eigenvalue weighted by molar-refractivity contribution is 5.54. The minimum absolute atomic E-state index is 0.00360. The Morgan fingerprint density at radius 2 is 1.81 bits per heavy atom. The number of nitrogens with one attached hydrogen (secondary N) is 2. The quantitative estimate of drug-likeness (QED) is 0.882. The van der Waals surface area contributed by atoms with Crippen LogP contribution in [0.25, 0.3) is 0 Å². The molecule has 26 heavy (non-hydrogen) atoms. The molecule has 0 saturated carbocycles. The predicted octanol–water partition coefficient (Wildman–Crippen LogP) is 2.14. The second-order valence-corrected chi connectivity index (χ2v) is 7.45. The van der Waals surface area contributed by atoms with Gasteiger partial charge in [0.1, 0.15) is 0 Å². The van der Waals surface area contributed by atoms with Gasteiger partial charge in [0.05, 0.1) is 5.69 Å². The minimum Gasteiger partial charge on any atom is -0.326 e. The summed E-state index contributed by atoms with van der Waals surface area (Å²) in [6, 6.07) is 8.42. The fourth-order valence-corrected chi connectivity index (χ4v) is 3.76. The van der Waals surface area contributed by atoms with Crippen molar-refractivity contribution in [3.8, 4) is 0 Å². The van der Waals surface area contributed by atoms with E-state index >= 15 is 0 Å². The largest absolute Gasteiger partial charge is 0.326 e. The maximum atomic E-state index is 12.2. The molecule has 1 aliphatic carbocycles. The van der Waals surface area contributed by atoms with Gasteiger partial charge >= 0.3 is 0 Å². The number of likely N-dealkylation sites (N-methyl/N-ethyl adjacent to an activating group) is 1. The summed E-state index contributed by atoms with van der Waals surface area (Å²) in [7, 11) is 2.18. The Labute approximate surface area is 154 Å². The molecule has 2 N–H and O–H groups in total. The number of nitrogens with zero attached hydrogens (tertiary/aromatic N) is 3. The molecule has 2 heterocycles. The van der Waals surface area contributed by atoms with Crippen LogP contribution in [0, 0.1) is 0 Å². The maximum absolute atomic E-state index is 12.2. The van der Waals surface area contributed by atoms with Crippen LogP contribution in [0.3, 0.4) is 0 Å². The van der Waals surface area contributed by atoms with Crippen LogP contribution in [0.15, 0.2) is 29.1 Å². The van der Waals surface area contributed by atoms with Gasteiger partial charge in [0, 0.05) is 44.0 Å². The molecule has 6 heteroatoms. The SMILES string of the molecule is CN1CCN(Cc2ccc(Nc3nc4c(c(=O)[nH]3)CCCC4)cc2)CC1. The van der Waals surface area contributed by atoms with Crippen molar-refractivity contribution in [2.75, 3.05) is 38.5 Å². The van der Waals surface area contributed by atoms with Crippen molar-refractivity contribution in [2.45, 2.75) is 32.2 Å². The van der Waals surface area contributed by atoms with E-state index < -0.39 is 0 Å². The summed E-state index contributed by atoms with van der Waals surface area (Å²) in [5.74, 6) is 0.544. The summed E-state index contributed by atoms with van der Waals surface area (Å²) < 4.78 is 0. The van der Waals surface area contributed by atoms with E-state index in [-0.39, 0.29) is 5.56 Å². The van der Waals surface area contributed by atoms with Crippen LogP contribution in [0.4, 0.5) is 11.6 Å². The third-order valence-corrected chi connectivity index (χ3v) is 5.41. The van der Waals surface area contributed by atoms with Gasteiger partial charge in [0.15, 0.2) is 0 Å². The molecule has 0 atom stereocenters. The van der Waals surface area contributed by atoms with E-state index in [1.165, 1.54) is 5.56 Å². The monoisotopic (exact) mass is 353 g/mol. The molecular weight excluding hydrogens is 326 g/mol. The number of benzene rings is 1. The van der Waals surface area contributed by atoms with E-state index in [9.17, 15) is 4.79 Å². The highest BCUT2D eigenvalue weighted by Gasteiger charge is 2.16. The molecule has 0 bridgehead atoms. The zero-order chi connectivity index (χ0) is 17.9. The highest BCUT2D eigenvalue weighted by atomic mass is 16.1. The molecule has 1 aliphatic heterocycles. The van der Waals surface area contributed by atoms with Crippen LogP contribution in [0.1, 0.15) is 29.7 Å². The van der Waals surface area contributed by atoms with Gasteiger partial charge in [-0.1, -0.05) is 12.1 Å². The average Bonchev–Trinajstić information content (AvgIpc) is 2.65. The maximum Gasteiger partial charge on any atom is 0.255 e. The van der Waals surface area contributed by atoms with Crippen LogP contribution >= 0.6 is 0 Å². The second kappa shape index (κ2) is 7.60. The third-order valence-electron chi connectivity index (χ3n) is 5.41. The molecule has 0 radical (unpaired) electrons. The van der Waals surface area contributed by atoms with Gasteiger partial charge in [-0.25, -0.2) is 4.98 Å². The molecule has 1 aromatic heterocycles. The molecule has 2 aromatic rings. The van der Waals surface area contributed by atoms with Gasteiger partial charge in [0.25, 0.3) is 5.56 Å². The minimum atomic E-state index is 0.00360. The number of rotatable bonds is 4. The van der Waals surface area contributed by atoms with Crippen LogP contribution in [-0.2, 0) is 19.4 Å². The topological polar surface area (TPSA) is 64.3 Å². The number of piperazine rings is 1. The van der Waals surface area contributed by atoms with E-state index in [0.29, 0.717) is 5.95 Å². The Bertz CT molecular complexity index is 806. The number of aromatic nitrogens is 2. The lowest BCUT2D eigenvalue weighted by Gasteiger charge is -2.32. The lowest BCUT2D eigenvalue weighted by Crippen LogP contribution is -2.43. The Hall–Kier alpha value is -2.18. The average molecular weight is 353 g/mol. The predicted molar refractivity (Wildman–Crippen MR) is 104 cm³/mol. The Balaban J connectivity index is 1.41. The summed E-state index contributed by atoms with van der Waals surface area (Å²) in [6.07, 6.45) is 3.94. The van der Waals surface area contributed by atoms with Gasteiger partial charge in [0.2, 0.25) is 5.95 Å². The summed E-state index contributed by atoms with van der Waals surface area (Å²) in [5.41, 5.74) is 4.08. The van der Waals surface area contributed by atoms with Crippen molar-refractivity contribution in [2.24, 2.45) is 0 Å². The Morgan fingerprint density at radius 1 is 1.08 bits per heavy atom. The Kier molecular flexibility index (Phi) is 5.04. The molecule has 1 fully saturated rings. The van der Waals surface area contributed by atoms with Gasteiger partial charge in [-0.2, -0.15) is 0 Å². The van der Waals surface area contributed by atoms with E-state index in [1.54, 1.807) is 0 Å². The van der Waals surface area contributed by atoms with E-state index in [4.69, 9.17) is 0 Å². The van der Waals surface area contributed by atoms with Crippen LogP contribution < -0.4 is 10.9 Å². The summed E-state index contributed by atoms with van der Waals surface area (Å²) >= 11 is 0. The molecule has 2 aliphatic rings. The van der Waals surface area contributed by atoms with Gasteiger partial charge in [-0.05, 0) is 50.4 Å². The van der Waals surface area contributed by atoms with Crippen molar-refractivity contribution in [3.05, 3.63) is 51.4 Å². The second-order valence-electron chi connectivity index (χ2n) is 7.45. The standard InChI is InChI=1S/C20H27N5O/c1-24-10-12-25(13-11-24)14-15-6-8-16(9-7-15)21-20-22-18-5-3-2-4-17(18)19(26)23-20/h6-9H,2-5,10-14H2,1H3,(H2,21,22,23,26). The molecule has 0 unspecified atom stereocenters. The first-order valence-electron chi connectivity index (χ1n) is 9.56. The van der Waals surface area contributed by atoms with Crippen molar-refractivity contribution in [3.63, 3.8) is 0 Å². The first kappa shape index (κ1) is 17.2. The Morgan fingerprint density at radius 3 is 2.58 bits per heavy atom. The number of hydrogen-bond donors (Lipinski definition) is 2. The number of aryl methyl sites for hydroxylation is 1. The van der Waals surface area contributed by atoms with Crippen molar-refractivity contribution < 1.29 is 0 Å². The lowest BCUT2D eigenvalue weighted by atomic mass is 9.97. The van der Waals surface area contributed by atoms with E-state index in [2.05, 4.69) is 56.4 Å². The normalized spacial score (nSPS) is 18.5. The first-order valence-corrected chi connectivity index (χ1v) is 9.56. The zero-order valence-electron chi connectivity index (χ0n) is 15.4. The smallest absolute Gasteiger partial charge is 0.255 e. The fourth-order valence-electron chi connectivity index (χ4n) is 3.76. The first-order chi connectivity index (χ1) is 12.7. The molecule has 1 saturated heterocycles. The van der Waals surface area contributed by atoms with Crippen molar-refractivity contribution in [1.29, 1.82) is 0 Å². The fraction of sp³-hybridized carbons (Fsp3) is 0.500. The van der Waals surface area contributed by atoms with Crippen molar-refractivity contribution in [1.82, 2.24) is 19.8 Å². The molecule has 0 amide bonds. The van der Waals surface area contributed by atoms with Crippen LogP contribution in [0.5, 0.6) is 0 Å². The zero-order valence-corrected chi connectivity index (χ0v) is 15.4. The lowest BCUT2D eigenvalue weighted by molar-refractivity contribution is 0.148. The summed E-state index contributed by atoms with van der Waals surface area (Å²) in [5, 5.41) is 3.24. The molecule has 138 valence electrons. The number of fused-ring (bicyclic) bond motifs is 1. The van der Waals surface area contributed by atoms with E-state index in [0.717, 1.165) is 75.4 Å². The van der Waals surface area contributed by atoms with Gasteiger partial charge in [-0.15, -0.1) is 0 Å². The van der Waals surface area contributed by atoms with Crippen molar-refractivity contribution >= 4 is 11.6 Å². The van der Waals surface area contributed by atoms with Crippen LogP contribution in [0.2, 0.25) is 0 Å². The molecule has 4 rings (SSSR count). The third kappa shape index (κ3) is 3.97. The van der Waals surface area contributed by atoms with Gasteiger partial charge in [-0.3, -0.25) is 14.7 Å². The number of anilines is 2. The van der Waals surface area contributed by atoms with Gasteiger partial charge < -0.3 is 10.2 Å². The number of aromatic amines is 1.